The summed E-state index contributed by atoms with van der Waals surface area (Å²) in [5, 5.41) is 23.8. The highest BCUT2D eigenvalue weighted by Crippen LogP contribution is 2.37. The van der Waals surface area contributed by atoms with Crippen LogP contribution in [0.3, 0.4) is 0 Å². The third-order valence-corrected chi connectivity index (χ3v) is 3.48. The van der Waals surface area contributed by atoms with Gasteiger partial charge >= 0.3 is 0 Å². The third-order valence-electron chi connectivity index (χ3n) is 2.66. The molecule has 0 aliphatic rings. The topological polar surface area (TPSA) is 57.4 Å². The van der Waals surface area contributed by atoms with Gasteiger partial charge in [0.1, 0.15) is 5.69 Å². The fourth-order valence-electron chi connectivity index (χ4n) is 1.74. The largest absolute Gasteiger partial charge is 0.494 e. The van der Waals surface area contributed by atoms with Crippen molar-refractivity contribution in [3.63, 3.8) is 0 Å². The van der Waals surface area contributed by atoms with Gasteiger partial charge in [-0.2, -0.15) is 0 Å². The lowest BCUT2D eigenvalue weighted by Crippen LogP contribution is -2.06. The lowest BCUT2D eigenvalue weighted by molar-refractivity contribution is 0.403. The number of benzene rings is 1. The summed E-state index contributed by atoms with van der Waals surface area (Å²) >= 11 is 16.9. The number of anilines is 1. The highest BCUT2D eigenvalue weighted by Gasteiger charge is 2.16. The molecule has 20 heavy (non-hydrogen) atoms. The van der Waals surface area contributed by atoms with E-state index in [1.165, 1.54) is 10.6 Å². The van der Waals surface area contributed by atoms with Crippen LogP contribution in [0, 0.1) is 0 Å². The molecule has 7 heteroatoms. The molecule has 0 saturated heterocycles. The predicted octanol–water partition coefficient (Wildman–Crippen LogP) is 4.34. The van der Waals surface area contributed by atoms with Crippen molar-refractivity contribution in [3.05, 3.63) is 34.3 Å². The van der Waals surface area contributed by atoms with E-state index in [2.05, 4.69) is 5.32 Å². The Morgan fingerprint density at radius 2 is 1.80 bits per heavy atom. The summed E-state index contributed by atoms with van der Waals surface area (Å²) in [5.74, 6) is -0.320. The maximum atomic E-state index is 10.2. The van der Waals surface area contributed by atoms with Crippen molar-refractivity contribution in [3.8, 4) is 17.4 Å². The van der Waals surface area contributed by atoms with Gasteiger partial charge in [-0.3, -0.25) is 0 Å². The number of nitrogens with one attached hydrogen (secondary N) is 1. The molecule has 1 heterocycles. The van der Waals surface area contributed by atoms with Crippen LogP contribution in [0.1, 0.15) is 13.3 Å². The molecule has 4 nitrogen and oxygen atoms in total. The van der Waals surface area contributed by atoms with Gasteiger partial charge in [-0.1, -0.05) is 42.3 Å². The van der Waals surface area contributed by atoms with Gasteiger partial charge in [0.05, 0.1) is 10.7 Å². The maximum absolute atomic E-state index is 10.2. The Hall–Kier alpha value is -1.43. The molecule has 2 rings (SSSR count). The smallest absolute Gasteiger partial charge is 0.223 e. The molecule has 2 aromatic rings. The number of aromatic hydroxyl groups is 2. The van der Waals surface area contributed by atoms with Crippen molar-refractivity contribution < 1.29 is 10.2 Å². The van der Waals surface area contributed by atoms with E-state index in [4.69, 9.17) is 35.4 Å². The van der Waals surface area contributed by atoms with E-state index in [1.54, 1.807) is 18.2 Å². The predicted molar refractivity (Wildman–Crippen MR) is 85.6 cm³/mol. The zero-order valence-corrected chi connectivity index (χ0v) is 12.9. The van der Waals surface area contributed by atoms with Crippen LogP contribution in [0.5, 0.6) is 11.8 Å². The molecule has 0 aliphatic carbocycles. The van der Waals surface area contributed by atoms with E-state index < -0.39 is 0 Å². The van der Waals surface area contributed by atoms with Crippen molar-refractivity contribution in [1.29, 1.82) is 0 Å². The molecule has 1 aromatic heterocycles. The highest BCUT2D eigenvalue weighted by atomic mass is 35.5. The van der Waals surface area contributed by atoms with Crippen molar-refractivity contribution >= 4 is 46.1 Å². The average Bonchev–Trinajstić information content (AvgIpc) is 2.63. The molecule has 0 amide bonds. The normalized spacial score (nSPS) is 10.6. The van der Waals surface area contributed by atoms with Gasteiger partial charge in [-0.25, -0.2) is 4.57 Å². The van der Waals surface area contributed by atoms with Crippen LogP contribution in [-0.2, 0) is 0 Å². The Bertz CT molecular complexity index is 650. The molecule has 3 N–H and O–H groups in total. The van der Waals surface area contributed by atoms with Gasteiger partial charge < -0.3 is 15.5 Å². The fourth-order valence-corrected chi connectivity index (χ4v) is 2.37. The molecule has 0 atom stereocenters. The second kappa shape index (κ2) is 5.91. The van der Waals surface area contributed by atoms with E-state index in [9.17, 15) is 10.2 Å². The Balaban J connectivity index is 2.49. The van der Waals surface area contributed by atoms with E-state index in [0.29, 0.717) is 32.8 Å². The minimum Gasteiger partial charge on any atom is -0.494 e. The van der Waals surface area contributed by atoms with Gasteiger partial charge in [0.25, 0.3) is 0 Å². The van der Waals surface area contributed by atoms with Crippen LogP contribution >= 0.6 is 35.4 Å². The van der Waals surface area contributed by atoms with Crippen molar-refractivity contribution in [2.24, 2.45) is 0 Å². The number of hydrogen-bond acceptors (Lipinski definition) is 3. The second-order valence-corrected chi connectivity index (χ2v) is 5.47. The van der Waals surface area contributed by atoms with Crippen LogP contribution in [0.25, 0.3) is 5.69 Å². The summed E-state index contributed by atoms with van der Waals surface area (Å²) in [6.45, 7) is 1.89. The molecular weight excluding hydrogens is 319 g/mol. The molecule has 0 unspecified atom stereocenters. The molecule has 1 aromatic carbocycles. The summed E-state index contributed by atoms with van der Waals surface area (Å²) in [4.78, 5) is 0.557. The van der Waals surface area contributed by atoms with Crippen LogP contribution in [-0.4, -0.2) is 19.8 Å². The Morgan fingerprint density at radius 3 is 2.35 bits per heavy atom. The van der Waals surface area contributed by atoms with Crippen LogP contribution in [0.15, 0.2) is 24.3 Å². The van der Waals surface area contributed by atoms with E-state index in [0.717, 1.165) is 0 Å². The summed E-state index contributed by atoms with van der Waals surface area (Å²) in [6.07, 6.45) is 0.629. The van der Waals surface area contributed by atoms with Gasteiger partial charge in [0.15, 0.2) is 0 Å². The Kier molecular flexibility index (Phi) is 4.42. The number of halogens is 2. The zero-order chi connectivity index (χ0) is 14.9. The molecule has 0 bridgehead atoms. The average molecular weight is 331 g/mol. The van der Waals surface area contributed by atoms with Crippen LogP contribution in [0.2, 0.25) is 10.0 Å². The van der Waals surface area contributed by atoms with Crippen molar-refractivity contribution in [1.82, 2.24) is 4.57 Å². The minimum atomic E-state index is -0.170. The molecule has 0 aliphatic heterocycles. The van der Waals surface area contributed by atoms with Gasteiger partial charge in [-0.15, -0.1) is 0 Å². The minimum absolute atomic E-state index is 0.151. The molecular formula is C13H12Cl2N2O2S. The molecule has 0 radical (unpaired) electrons. The molecule has 0 fully saturated rings. The van der Waals surface area contributed by atoms with Gasteiger partial charge in [0, 0.05) is 16.1 Å². The third kappa shape index (κ3) is 3.00. The second-order valence-electron chi connectivity index (χ2n) is 4.10. The Morgan fingerprint density at radius 1 is 1.20 bits per heavy atom. The lowest BCUT2D eigenvalue weighted by atomic mass is 10.3. The fraction of sp³-hybridized carbons (Fsp3) is 0.154. The number of rotatable bonds is 3. The quantitative estimate of drug-likeness (QED) is 0.732. The van der Waals surface area contributed by atoms with E-state index in [1.807, 2.05) is 6.92 Å². The first-order valence-corrected chi connectivity index (χ1v) is 6.98. The number of aromatic nitrogens is 1. The summed E-state index contributed by atoms with van der Waals surface area (Å²) in [7, 11) is 0. The molecule has 0 spiro atoms. The highest BCUT2D eigenvalue weighted by molar-refractivity contribution is 7.80. The van der Waals surface area contributed by atoms with Gasteiger partial charge in [-0.05, 0) is 24.6 Å². The van der Waals surface area contributed by atoms with Crippen molar-refractivity contribution in [2.45, 2.75) is 13.3 Å². The maximum Gasteiger partial charge on any atom is 0.223 e. The van der Waals surface area contributed by atoms with E-state index in [-0.39, 0.29) is 11.8 Å². The number of nitrogens with zero attached hydrogens (tertiary/aromatic N) is 1. The molecule has 106 valence electrons. The summed E-state index contributed by atoms with van der Waals surface area (Å²) in [5.41, 5.74) is 0.776. The standard InChI is InChI=1S/C13H12Cl2N2O2S/c1-2-11(20)16-10-6-12(18)17(13(10)19)9-4-7(14)3-8(15)5-9/h3-6,18-19H,2H2,1H3,(H,16,20). The SMILES string of the molecule is CCC(=S)Nc1cc(O)n(-c2cc(Cl)cc(Cl)c2)c1O. The molecule has 0 saturated carbocycles. The first-order chi connectivity index (χ1) is 9.42. The van der Waals surface area contributed by atoms with E-state index >= 15 is 0 Å². The first kappa shape index (κ1) is 15.0. The Labute approximate surface area is 131 Å². The van der Waals surface area contributed by atoms with Crippen LogP contribution < -0.4 is 5.32 Å². The first-order valence-electron chi connectivity index (χ1n) is 5.82. The summed E-state index contributed by atoms with van der Waals surface area (Å²) in [6, 6.07) is 6.10. The number of hydrogen-bond donors (Lipinski definition) is 3. The lowest BCUT2D eigenvalue weighted by Gasteiger charge is -2.09. The monoisotopic (exact) mass is 330 g/mol. The summed E-state index contributed by atoms with van der Waals surface area (Å²) < 4.78 is 1.22. The number of thiocarbonyl (C=S) groups is 1. The van der Waals surface area contributed by atoms with Crippen LogP contribution in [0.4, 0.5) is 5.69 Å². The zero-order valence-electron chi connectivity index (χ0n) is 10.5. The van der Waals surface area contributed by atoms with Gasteiger partial charge in [0.2, 0.25) is 11.8 Å². The van der Waals surface area contributed by atoms with Crippen molar-refractivity contribution in [2.75, 3.05) is 5.32 Å².